The first kappa shape index (κ1) is 24.8. The molecule has 0 aliphatic carbocycles. The lowest BCUT2D eigenvalue weighted by atomic mass is 10.1. The molecule has 0 bridgehead atoms. The van der Waals surface area contributed by atoms with Gasteiger partial charge in [-0.05, 0) is 67.4 Å². The summed E-state index contributed by atoms with van der Waals surface area (Å²) in [5.41, 5.74) is 3.76. The predicted molar refractivity (Wildman–Crippen MR) is 139 cm³/mol. The van der Waals surface area contributed by atoms with Crippen molar-refractivity contribution in [2.75, 3.05) is 29.8 Å². The van der Waals surface area contributed by atoms with Crippen molar-refractivity contribution >= 4 is 46.4 Å². The topological polar surface area (TPSA) is 97.0 Å². The molecule has 0 saturated heterocycles. The van der Waals surface area contributed by atoms with Gasteiger partial charge in [-0.1, -0.05) is 23.7 Å². The van der Waals surface area contributed by atoms with Crippen LogP contribution in [0.2, 0.25) is 0 Å². The van der Waals surface area contributed by atoms with Crippen LogP contribution in [-0.4, -0.2) is 31.9 Å². The average molecular weight is 506 g/mol. The summed E-state index contributed by atoms with van der Waals surface area (Å²) in [6.45, 7) is 3.87. The molecule has 3 amide bonds. The molecule has 0 radical (unpaired) electrons. The smallest absolute Gasteiger partial charge is 0.283 e. The highest BCUT2D eigenvalue weighted by atomic mass is 35.5. The Kier molecular flexibility index (Phi) is 6.98. The summed E-state index contributed by atoms with van der Waals surface area (Å²) < 4.78 is 10.5. The van der Waals surface area contributed by atoms with Gasteiger partial charge in [0.1, 0.15) is 22.2 Å². The zero-order chi connectivity index (χ0) is 26.0. The highest BCUT2D eigenvalue weighted by Gasteiger charge is 2.40. The van der Waals surface area contributed by atoms with Gasteiger partial charge >= 0.3 is 0 Å². The van der Waals surface area contributed by atoms with Crippen molar-refractivity contribution in [2.45, 2.75) is 13.8 Å². The number of methoxy groups -OCH3 is 2. The van der Waals surface area contributed by atoms with Crippen LogP contribution in [-0.2, 0) is 9.59 Å². The number of rotatable bonds is 7. The minimum Gasteiger partial charge on any atom is -0.497 e. The fourth-order valence-corrected chi connectivity index (χ4v) is 3.93. The molecular formula is C27H24ClN3O5. The number of nitrogens with one attached hydrogen (secondary N) is 2. The van der Waals surface area contributed by atoms with E-state index in [1.165, 1.54) is 20.3 Å². The van der Waals surface area contributed by atoms with Gasteiger partial charge < -0.3 is 20.1 Å². The molecule has 1 heterocycles. The van der Waals surface area contributed by atoms with Gasteiger partial charge in [0.25, 0.3) is 17.7 Å². The van der Waals surface area contributed by atoms with Gasteiger partial charge in [0.15, 0.2) is 0 Å². The Morgan fingerprint density at radius 2 is 1.61 bits per heavy atom. The van der Waals surface area contributed by atoms with Crippen molar-refractivity contribution in [3.63, 3.8) is 0 Å². The van der Waals surface area contributed by atoms with E-state index in [9.17, 15) is 14.4 Å². The molecule has 0 fully saturated rings. The molecule has 184 valence electrons. The molecule has 3 aromatic carbocycles. The highest BCUT2D eigenvalue weighted by molar-refractivity contribution is 6.53. The van der Waals surface area contributed by atoms with Crippen LogP contribution in [0.5, 0.6) is 11.5 Å². The Morgan fingerprint density at radius 1 is 0.889 bits per heavy atom. The minimum absolute atomic E-state index is 0.0841. The molecule has 4 rings (SSSR count). The number of imide groups is 1. The van der Waals surface area contributed by atoms with Gasteiger partial charge in [0, 0.05) is 23.0 Å². The molecule has 1 aliphatic heterocycles. The van der Waals surface area contributed by atoms with E-state index in [0.29, 0.717) is 22.7 Å². The number of carbonyl (C=O) groups excluding carboxylic acids is 3. The van der Waals surface area contributed by atoms with E-state index in [1.807, 2.05) is 32.0 Å². The molecule has 36 heavy (non-hydrogen) atoms. The Hall–Kier alpha value is -4.30. The van der Waals surface area contributed by atoms with Crippen molar-refractivity contribution in [3.05, 3.63) is 88.1 Å². The maximum absolute atomic E-state index is 13.2. The molecule has 0 spiro atoms. The molecule has 0 unspecified atom stereocenters. The van der Waals surface area contributed by atoms with E-state index in [2.05, 4.69) is 10.6 Å². The van der Waals surface area contributed by atoms with E-state index in [4.69, 9.17) is 21.1 Å². The summed E-state index contributed by atoms with van der Waals surface area (Å²) in [6, 6.07) is 17.1. The zero-order valence-corrected chi connectivity index (χ0v) is 20.9. The second-order valence-corrected chi connectivity index (χ2v) is 8.53. The van der Waals surface area contributed by atoms with Crippen LogP contribution in [0.15, 0.2) is 71.4 Å². The van der Waals surface area contributed by atoms with E-state index < -0.39 is 11.8 Å². The zero-order valence-electron chi connectivity index (χ0n) is 20.1. The van der Waals surface area contributed by atoms with Gasteiger partial charge in [-0.25, -0.2) is 4.90 Å². The lowest BCUT2D eigenvalue weighted by Gasteiger charge is -2.19. The lowest BCUT2D eigenvalue weighted by molar-refractivity contribution is -0.120. The molecular weight excluding hydrogens is 482 g/mol. The number of benzene rings is 3. The number of carbonyl (C=O) groups is 3. The van der Waals surface area contributed by atoms with Crippen LogP contribution in [0.4, 0.5) is 17.1 Å². The fourth-order valence-electron chi connectivity index (χ4n) is 3.72. The first-order valence-electron chi connectivity index (χ1n) is 11.0. The molecule has 1 aliphatic rings. The number of halogens is 1. The molecule has 3 aromatic rings. The normalized spacial score (nSPS) is 13.2. The summed E-state index contributed by atoms with van der Waals surface area (Å²) >= 11 is 6.26. The third-order valence-corrected chi connectivity index (χ3v) is 6.06. The van der Waals surface area contributed by atoms with Crippen LogP contribution in [0, 0.1) is 13.8 Å². The Morgan fingerprint density at radius 3 is 2.28 bits per heavy atom. The predicted octanol–water partition coefficient (Wildman–Crippen LogP) is 5.01. The third-order valence-electron chi connectivity index (χ3n) is 5.71. The number of anilines is 3. The Balaban J connectivity index is 1.52. The summed E-state index contributed by atoms with van der Waals surface area (Å²) in [5, 5.41) is 5.55. The van der Waals surface area contributed by atoms with Gasteiger partial charge in [0.05, 0.1) is 19.9 Å². The molecule has 8 nitrogen and oxygen atoms in total. The van der Waals surface area contributed by atoms with E-state index in [0.717, 1.165) is 21.7 Å². The maximum Gasteiger partial charge on any atom is 0.283 e. The van der Waals surface area contributed by atoms with Gasteiger partial charge in [-0.3, -0.25) is 14.4 Å². The second kappa shape index (κ2) is 10.1. The van der Waals surface area contributed by atoms with Gasteiger partial charge in [-0.15, -0.1) is 0 Å². The monoisotopic (exact) mass is 505 g/mol. The van der Waals surface area contributed by atoms with E-state index in [-0.39, 0.29) is 22.3 Å². The summed E-state index contributed by atoms with van der Waals surface area (Å²) in [7, 11) is 2.91. The van der Waals surface area contributed by atoms with Crippen LogP contribution in [0.3, 0.4) is 0 Å². The maximum atomic E-state index is 13.2. The third kappa shape index (κ3) is 4.76. The number of ether oxygens (including phenoxy) is 2. The van der Waals surface area contributed by atoms with E-state index in [1.54, 1.807) is 36.4 Å². The number of amides is 3. The standard InChI is InChI=1S/C27H24ClN3O5/c1-15-5-6-16(2)20(13-15)30-25(32)17-7-9-18(10-8-17)29-24-23(28)26(33)31(27(24)34)21-14-19(35-3)11-12-22(21)36-4/h5-14,29H,1-4H3,(H,30,32). The van der Waals surface area contributed by atoms with Crippen LogP contribution < -0.4 is 25.0 Å². The SMILES string of the molecule is COc1ccc(OC)c(N2C(=O)C(Cl)=C(Nc3ccc(C(=O)Nc4cc(C)ccc4C)cc3)C2=O)c1. The van der Waals surface area contributed by atoms with Crippen LogP contribution in [0.25, 0.3) is 0 Å². The summed E-state index contributed by atoms with van der Waals surface area (Å²) in [4.78, 5) is 39.7. The van der Waals surface area contributed by atoms with Crippen LogP contribution in [0.1, 0.15) is 21.5 Å². The number of nitrogens with zero attached hydrogens (tertiary/aromatic N) is 1. The van der Waals surface area contributed by atoms with Crippen molar-refractivity contribution in [2.24, 2.45) is 0 Å². The second-order valence-electron chi connectivity index (χ2n) is 8.15. The largest absolute Gasteiger partial charge is 0.497 e. The van der Waals surface area contributed by atoms with Crippen molar-refractivity contribution in [1.82, 2.24) is 0 Å². The lowest BCUT2D eigenvalue weighted by Crippen LogP contribution is -2.32. The quantitative estimate of drug-likeness (QED) is 0.438. The number of hydrogen-bond acceptors (Lipinski definition) is 6. The first-order valence-corrected chi connectivity index (χ1v) is 11.4. The fraction of sp³-hybridized carbons (Fsp3) is 0.148. The number of aryl methyl sites for hydroxylation is 2. The minimum atomic E-state index is -0.694. The van der Waals surface area contributed by atoms with Crippen molar-refractivity contribution < 1.29 is 23.9 Å². The van der Waals surface area contributed by atoms with Crippen LogP contribution >= 0.6 is 11.6 Å². The Labute approximate surface area is 213 Å². The summed E-state index contributed by atoms with van der Waals surface area (Å²) in [5.74, 6) is -0.856. The van der Waals surface area contributed by atoms with Crippen molar-refractivity contribution in [3.8, 4) is 11.5 Å². The van der Waals surface area contributed by atoms with Crippen molar-refractivity contribution in [1.29, 1.82) is 0 Å². The van der Waals surface area contributed by atoms with E-state index >= 15 is 0 Å². The number of hydrogen-bond donors (Lipinski definition) is 2. The molecule has 0 aromatic heterocycles. The Bertz CT molecular complexity index is 1400. The highest BCUT2D eigenvalue weighted by Crippen LogP contribution is 2.38. The van der Waals surface area contributed by atoms with Gasteiger partial charge in [0.2, 0.25) is 0 Å². The first-order chi connectivity index (χ1) is 17.2. The molecule has 9 heteroatoms. The average Bonchev–Trinajstić information content (AvgIpc) is 3.09. The summed E-state index contributed by atoms with van der Waals surface area (Å²) in [6.07, 6.45) is 0. The molecule has 2 N–H and O–H groups in total. The molecule has 0 atom stereocenters. The van der Waals surface area contributed by atoms with Gasteiger partial charge in [-0.2, -0.15) is 0 Å². The molecule has 0 saturated carbocycles.